The van der Waals surface area contributed by atoms with Gasteiger partial charge in [-0.2, -0.15) is 4.98 Å². The van der Waals surface area contributed by atoms with Gasteiger partial charge in [-0.3, -0.25) is 9.80 Å². The third-order valence-electron chi connectivity index (χ3n) is 5.23. The van der Waals surface area contributed by atoms with Gasteiger partial charge in [0.2, 0.25) is 11.7 Å². The first-order chi connectivity index (χ1) is 14.6. The number of hydrogen-bond donors (Lipinski definition) is 0. The maximum atomic E-state index is 6.05. The van der Waals surface area contributed by atoms with Crippen LogP contribution in [0.25, 0.3) is 11.4 Å². The Kier molecular flexibility index (Phi) is 6.52. The van der Waals surface area contributed by atoms with Crippen LogP contribution < -0.4 is 9.47 Å². The summed E-state index contributed by atoms with van der Waals surface area (Å²) in [6.45, 7) is 5.38. The minimum Gasteiger partial charge on any atom is -0.493 e. The number of hydrogen-bond acceptors (Lipinski definition) is 7. The summed E-state index contributed by atoms with van der Waals surface area (Å²) in [5.74, 6) is 2.71. The molecule has 2 aromatic carbocycles. The third-order valence-corrected chi connectivity index (χ3v) is 5.46. The first-order valence-corrected chi connectivity index (χ1v) is 10.3. The number of ether oxygens (including phenoxy) is 2. The number of methoxy groups -OCH3 is 2. The molecule has 0 aliphatic carbocycles. The number of nitrogens with zero attached hydrogens (tertiary/aromatic N) is 4. The van der Waals surface area contributed by atoms with E-state index in [-0.39, 0.29) is 0 Å². The van der Waals surface area contributed by atoms with E-state index in [9.17, 15) is 0 Å². The number of rotatable bonds is 7. The monoisotopic (exact) mass is 428 g/mol. The predicted molar refractivity (Wildman–Crippen MR) is 115 cm³/mol. The van der Waals surface area contributed by atoms with Gasteiger partial charge in [-0.1, -0.05) is 35.0 Å². The van der Waals surface area contributed by atoms with Crippen molar-refractivity contribution in [3.63, 3.8) is 0 Å². The Labute approximate surface area is 181 Å². The Hall–Kier alpha value is -2.61. The Morgan fingerprint density at radius 1 is 0.933 bits per heavy atom. The zero-order valence-corrected chi connectivity index (χ0v) is 17.9. The fourth-order valence-corrected chi connectivity index (χ4v) is 3.79. The van der Waals surface area contributed by atoms with E-state index in [1.807, 2.05) is 36.4 Å². The van der Waals surface area contributed by atoms with Crippen LogP contribution >= 0.6 is 11.6 Å². The Morgan fingerprint density at radius 2 is 1.67 bits per heavy atom. The lowest BCUT2D eigenvalue weighted by atomic mass is 10.1. The molecular formula is C22H25ClN4O3. The van der Waals surface area contributed by atoms with E-state index in [2.05, 4.69) is 26.0 Å². The smallest absolute Gasteiger partial charge is 0.241 e. The van der Waals surface area contributed by atoms with Crippen LogP contribution in [0.2, 0.25) is 5.02 Å². The van der Waals surface area contributed by atoms with Crippen LogP contribution in [0.15, 0.2) is 47.0 Å². The maximum Gasteiger partial charge on any atom is 0.241 e. The van der Waals surface area contributed by atoms with E-state index in [1.165, 1.54) is 5.56 Å². The summed E-state index contributed by atoms with van der Waals surface area (Å²) < 4.78 is 16.2. The molecule has 8 heteroatoms. The topological polar surface area (TPSA) is 63.9 Å². The van der Waals surface area contributed by atoms with Gasteiger partial charge >= 0.3 is 0 Å². The van der Waals surface area contributed by atoms with Gasteiger partial charge in [-0.15, -0.1) is 0 Å². The van der Waals surface area contributed by atoms with E-state index in [0.717, 1.165) is 49.8 Å². The highest BCUT2D eigenvalue weighted by molar-refractivity contribution is 6.30. The lowest BCUT2D eigenvalue weighted by Crippen LogP contribution is -2.45. The van der Waals surface area contributed by atoms with Crippen LogP contribution in [0.5, 0.6) is 11.5 Å². The molecule has 30 heavy (non-hydrogen) atoms. The van der Waals surface area contributed by atoms with Crippen molar-refractivity contribution in [2.75, 3.05) is 40.4 Å². The molecule has 0 saturated carbocycles. The molecule has 0 spiro atoms. The summed E-state index contributed by atoms with van der Waals surface area (Å²) in [5.41, 5.74) is 2.07. The second-order valence-corrected chi connectivity index (χ2v) is 7.70. The molecule has 0 atom stereocenters. The highest BCUT2D eigenvalue weighted by atomic mass is 35.5. The van der Waals surface area contributed by atoms with Crippen molar-refractivity contribution >= 4 is 11.6 Å². The van der Waals surface area contributed by atoms with Crippen LogP contribution in [-0.4, -0.2) is 60.3 Å². The molecule has 1 aliphatic heterocycles. The number of benzene rings is 2. The molecule has 1 aromatic heterocycles. The van der Waals surface area contributed by atoms with Crippen molar-refractivity contribution in [1.29, 1.82) is 0 Å². The van der Waals surface area contributed by atoms with Crippen LogP contribution in [0, 0.1) is 0 Å². The van der Waals surface area contributed by atoms with Gasteiger partial charge in [0.15, 0.2) is 11.5 Å². The summed E-state index contributed by atoms with van der Waals surface area (Å²) in [4.78, 5) is 9.29. The second-order valence-electron chi connectivity index (χ2n) is 7.26. The van der Waals surface area contributed by atoms with Crippen molar-refractivity contribution in [3.8, 4) is 22.9 Å². The molecule has 3 aromatic rings. The van der Waals surface area contributed by atoms with Gasteiger partial charge < -0.3 is 14.0 Å². The minimum atomic E-state index is 0.569. The Morgan fingerprint density at radius 3 is 2.37 bits per heavy atom. The van der Waals surface area contributed by atoms with Crippen LogP contribution in [0.4, 0.5) is 0 Å². The number of halogens is 1. The molecule has 2 heterocycles. The molecule has 4 rings (SSSR count). The average molecular weight is 429 g/mol. The predicted octanol–water partition coefficient (Wildman–Crippen LogP) is 3.73. The normalized spacial score (nSPS) is 15.3. The highest BCUT2D eigenvalue weighted by Crippen LogP contribution is 2.28. The van der Waals surface area contributed by atoms with Gasteiger partial charge in [0, 0.05) is 43.3 Å². The van der Waals surface area contributed by atoms with E-state index in [1.54, 1.807) is 14.2 Å². The Balaban J connectivity index is 1.30. The highest BCUT2D eigenvalue weighted by Gasteiger charge is 2.20. The SMILES string of the molecule is COc1ccc(CN2CCN(Cc3nc(-c4cccc(Cl)c4)no3)CC2)cc1OC. The molecule has 1 aliphatic rings. The molecule has 0 N–H and O–H groups in total. The minimum absolute atomic E-state index is 0.569. The molecule has 0 unspecified atom stereocenters. The van der Waals surface area contributed by atoms with Gasteiger partial charge in [0.25, 0.3) is 0 Å². The lowest BCUT2D eigenvalue weighted by Gasteiger charge is -2.34. The van der Waals surface area contributed by atoms with Crippen molar-refractivity contribution in [3.05, 3.63) is 58.9 Å². The van der Waals surface area contributed by atoms with Crippen LogP contribution in [0.3, 0.4) is 0 Å². The largest absolute Gasteiger partial charge is 0.493 e. The van der Waals surface area contributed by atoms with Crippen molar-refractivity contribution < 1.29 is 14.0 Å². The summed E-state index contributed by atoms with van der Waals surface area (Å²) in [6, 6.07) is 13.6. The van der Waals surface area contributed by atoms with E-state index in [0.29, 0.717) is 23.3 Å². The van der Waals surface area contributed by atoms with Crippen LogP contribution in [0.1, 0.15) is 11.5 Å². The summed E-state index contributed by atoms with van der Waals surface area (Å²) in [6.07, 6.45) is 0. The van der Waals surface area contributed by atoms with Crippen molar-refractivity contribution in [2.24, 2.45) is 0 Å². The Bertz CT molecular complexity index is 986. The second kappa shape index (κ2) is 9.47. The summed E-state index contributed by atoms with van der Waals surface area (Å²) >= 11 is 6.05. The first kappa shape index (κ1) is 20.7. The van der Waals surface area contributed by atoms with Gasteiger partial charge in [0.1, 0.15) is 0 Å². The molecule has 0 radical (unpaired) electrons. The van der Waals surface area contributed by atoms with Gasteiger partial charge in [-0.25, -0.2) is 0 Å². The molecular weight excluding hydrogens is 404 g/mol. The van der Waals surface area contributed by atoms with E-state index in [4.69, 9.17) is 25.6 Å². The summed E-state index contributed by atoms with van der Waals surface area (Å²) in [7, 11) is 3.31. The summed E-state index contributed by atoms with van der Waals surface area (Å²) in [5, 5.41) is 4.75. The molecule has 1 saturated heterocycles. The third kappa shape index (κ3) is 4.92. The van der Waals surface area contributed by atoms with Crippen LogP contribution in [-0.2, 0) is 13.1 Å². The quantitative estimate of drug-likeness (QED) is 0.568. The fourth-order valence-electron chi connectivity index (χ4n) is 3.60. The molecule has 7 nitrogen and oxygen atoms in total. The zero-order valence-electron chi connectivity index (χ0n) is 17.2. The molecule has 1 fully saturated rings. The average Bonchev–Trinajstić information content (AvgIpc) is 3.23. The zero-order chi connectivity index (χ0) is 20.9. The number of aromatic nitrogens is 2. The number of piperazine rings is 1. The van der Waals surface area contributed by atoms with Gasteiger partial charge in [0.05, 0.1) is 20.8 Å². The van der Waals surface area contributed by atoms with Gasteiger partial charge in [-0.05, 0) is 29.8 Å². The van der Waals surface area contributed by atoms with E-state index < -0.39 is 0 Å². The van der Waals surface area contributed by atoms with Crippen molar-refractivity contribution in [1.82, 2.24) is 19.9 Å². The first-order valence-electron chi connectivity index (χ1n) is 9.89. The lowest BCUT2D eigenvalue weighted by molar-refractivity contribution is 0.112. The molecule has 0 amide bonds. The van der Waals surface area contributed by atoms with Crippen molar-refractivity contribution in [2.45, 2.75) is 13.1 Å². The molecule has 158 valence electrons. The fraction of sp³-hybridized carbons (Fsp3) is 0.364. The standard InChI is InChI=1S/C22H25ClN4O3/c1-28-19-7-6-16(12-20(19)29-2)14-26-8-10-27(11-9-26)15-21-24-22(25-30-21)17-4-3-5-18(23)13-17/h3-7,12-13H,8-11,14-15H2,1-2H3. The maximum absolute atomic E-state index is 6.05. The van der Waals surface area contributed by atoms with E-state index >= 15 is 0 Å². The molecule has 0 bridgehead atoms.